The van der Waals surface area contributed by atoms with Crippen molar-refractivity contribution in [3.05, 3.63) is 34.7 Å². The summed E-state index contributed by atoms with van der Waals surface area (Å²) in [4.78, 5) is 15.5. The van der Waals surface area contributed by atoms with Crippen molar-refractivity contribution >= 4 is 28.9 Å². The van der Waals surface area contributed by atoms with Gasteiger partial charge in [-0.1, -0.05) is 18.6 Å². The molecule has 4 N–H and O–H groups in total. The van der Waals surface area contributed by atoms with Crippen molar-refractivity contribution in [2.24, 2.45) is 21.5 Å². The van der Waals surface area contributed by atoms with Gasteiger partial charge in [0.2, 0.25) is 11.9 Å². The van der Waals surface area contributed by atoms with E-state index in [-0.39, 0.29) is 5.96 Å². The summed E-state index contributed by atoms with van der Waals surface area (Å²) in [6, 6.07) is 8.30. The molecule has 1 aliphatic carbocycles. The van der Waals surface area contributed by atoms with Crippen LogP contribution in [0, 0.1) is 6.92 Å². The van der Waals surface area contributed by atoms with Crippen LogP contribution < -0.4 is 16.4 Å². The van der Waals surface area contributed by atoms with Crippen LogP contribution >= 0.6 is 11.3 Å². The van der Waals surface area contributed by atoms with Crippen LogP contribution in [-0.2, 0) is 0 Å². The van der Waals surface area contributed by atoms with Crippen LogP contribution in [0.2, 0.25) is 0 Å². The topological polar surface area (TPSA) is 92.9 Å². The number of aliphatic imine (C=N–C) groups is 2. The molecule has 2 aromatic rings. The molecule has 0 bridgehead atoms. The number of hydrogen-bond acceptors (Lipinski definition) is 7. The highest BCUT2D eigenvalue weighted by Crippen LogP contribution is 2.39. The van der Waals surface area contributed by atoms with Crippen LogP contribution in [0.1, 0.15) is 37.1 Å². The van der Waals surface area contributed by atoms with Crippen molar-refractivity contribution in [3.63, 3.8) is 0 Å². The Bertz CT molecular complexity index is 830. The number of aromatic nitrogens is 1. The molecule has 1 saturated carbocycles. The Kier molecular flexibility index (Phi) is 3.95. The number of rotatable bonds is 2. The molecule has 25 heavy (non-hydrogen) atoms. The van der Waals surface area contributed by atoms with Gasteiger partial charge in [-0.25, -0.2) is 9.98 Å². The summed E-state index contributed by atoms with van der Waals surface area (Å²) >= 11 is 1.66. The zero-order valence-corrected chi connectivity index (χ0v) is 15.1. The summed E-state index contributed by atoms with van der Waals surface area (Å²) in [7, 11) is 0. The van der Waals surface area contributed by atoms with Crippen molar-refractivity contribution in [2.45, 2.75) is 44.7 Å². The predicted molar refractivity (Wildman–Crippen MR) is 104 cm³/mol. The number of aryl methyl sites for hydroxylation is 1. The number of benzene rings is 1. The van der Waals surface area contributed by atoms with Gasteiger partial charge >= 0.3 is 0 Å². The maximum absolute atomic E-state index is 6.26. The summed E-state index contributed by atoms with van der Waals surface area (Å²) in [5.74, 6) is 0.705. The lowest BCUT2D eigenvalue weighted by atomic mass is 9.87. The maximum atomic E-state index is 6.26. The van der Waals surface area contributed by atoms with E-state index in [0.717, 1.165) is 47.6 Å². The van der Waals surface area contributed by atoms with Gasteiger partial charge in [0.05, 0.1) is 10.7 Å². The smallest absolute Gasteiger partial charge is 0.220 e. The molecule has 0 saturated heterocycles. The molecule has 0 radical (unpaired) electrons. The second-order valence-corrected chi connectivity index (χ2v) is 7.68. The lowest BCUT2D eigenvalue weighted by Crippen LogP contribution is -2.58. The summed E-state index contributed by atoms with van der Waals surface area (Å²) in [6.45, 7) is 2.02. The molecule has 6 nitrogen and oxygen atoms in total. The van der Waals surface area contributed by atoms with Gasteiger partial charge in [-0.05, 0) is 44.7 Å². The van der Waals surface area contributed by atoms with Gasteiger partial charge in [0.15, 0.2) is 0 Å². The SMILES string of the molecule is Cc1nc(-c2ccc(N3C(N)=NC(N)=NC34CCCCC4)cc2)cs1. The minimum absolute atomic E-state index is 0.283. The fraction of sp³-hybridized carbons (Fsp3) is 0.389. The fourth-order valence-electron chi connectivity index (χ4n) is 3.77. The summed E-state index contributed by atoms with van der Waals surface area (Å²) < 4.78 is 0. The molecule has 4 rings (SSSR count). The third kappa shape index (κ3) is 2.89. The van der Waals surface area contributed by atoms with E-state index in [1.807, 2.05) is 6.92 Å². The lowest BCUT2D eigenvalue weighted by Gasteiger charge is -2.45. The van der Waals surface area contributed by atoms with Crippen LogP contribution in [0.25, 0.3) is 11.3 Å². The first-order valence-corrected chi connectivity index (χ1v) is 9.48. The molecule has 1 aromatic heterocycles. The van der Waals surface area contributed by atoms with E-state index in [1.165, 1.54) is 6.42 Å². The van der Waals surface area contributed by atoms with Crippen molar-refractivity contribution in [3.8, 4) is 11.3 Å². The molecular weight excluding hydrogens is 332 g/mol. The summed E-state index contributed by atoms with van der Waals surface area (Å²) in [5, 5.41) is 3.15. The Balaban J connectivity index is 1.70. The fourth-order valence-corrected chi connectivity index (χ4v) is 4.39. The van der Waals surface area contributed by atoms with Crippen LogP contribution in [0.15, 0.2) is 39.6 Å². The van der Waals surface area contributed by atoms with Gasteiger partial charge in [0.25, 0.3) is 0 Å². The Morgan fingerprint density at radius 1 is 1.08 bits per heavy atom. The average Bonchev–Trinajstić information content (AvgIpc) is 3.02. The third-order valence-corrected chi connectivity index (χ3v) is 5.67. The highest BCUT2D eigenvalue weighted by atomic mass is 32.1. The van der Waals surface area contributed by atoms with Crippen molar-refractivity contribution in [1.29, 1.82) is 0 Å². The molecule has 1 aromatic carbocycles. The number of thiazole rings is 1. The molecule has 130 valence electrons. The first-order valence-electron chi connectivity index (χ1n) is 8.60. The number of anilines is 1. The quantitative estimate of drug-likeness (QED) is 0.866. The third-order valence-electron chi connectivity index (χ3n) is 4.89. The second kappa shape index (κ2) is 6.15. The molecule has 0 amide bonds. The zero-order valence-electron chi connectivity index (χ0n) is 14.3. The van der Waals surface area contributed by atoms with Crippen LogP contribution in [0.4, 0.5) is 5.69 Å². The van der Waals surface area contributed by atoms with E-state index in [2.05, 4.69) is 44.5 Å². The van der Waals surface area contributed by atoms with Gasteiger partial charge in [0, 0.05) is 16.6 Å². The zero-order chi connectivity index (χ0) is 17.4. The molecule has 0 atom stereocenters. The molecular formula is C18H22N6S. The monoisotopic (exact) mass is 354 g/mol. The highest BCUT2D eigenvalue weighted by Gasteiger charge is 2.42. The summed E-state index contributed by atoms with van der Waals surface area (Å²) in [5.41, 5.74) is 14.9. The molecule has 2 aliphatic rings. The normalized spacial score (nSPS) is 19.6. The van der Waals surface area contributed by atoms with Crippen LogP contribution in [0.5, 0.6) is 0 Å². The average molecular weight is 354 g/mol. The second-order valence-electron chi connectivity index (χ2n) is 6.62. The Labute approximate surface area is 151 Å². The molecule has 7 heteroatoms. The van der Waals surface area contributed by atoms with Crippen molar-refractivity contribution in [1.82, 2.24) is 4.98 Å². The van der Waals surface area contributed by atoms with Crippen molar-refractivity contribution < 1.29 is 0 Å². The Morgan fingerprint density at radius 2 is 1.80 bits per heavy atom. The predicted octanol–water partition coefficient (Wildman–Crippen LogP) is 3.23. The largest absolute Gasteiger partial charge is 0.369 e. The van der Waals surface area contributed by atoms with Gasteiger partial charge in [-0.3, -0.25) is 4.90 Å². The Hall–Kier alpha value is -2.41. The van der Waals surface area contributed by atoms with E-state index in [0.29, 0.717) is 5.96 Å². The molecule has 1 spiro atoms. The number of nitrogens with zero attached hydrogens (tertiary/aromatic N) is 4. The van der Waals surface area contributed by atoms with Gasteiger partial charge in [-0.15, -0.1) is 11.3 Å². The standard InChI is InChI=1S/C18H22N6S/c1-12-21-15(11-25-12)13-5-7-14(8-6-13)24-17(20)22-16(19)23-18(24)9-3-2-4-10-18/h5-8,11H,2-4,9-10H2,1H3,(H4,19,20,22,23). The first-order chi connectivity index (χ1) is 12.1. The lowest BCUT2D eigenvalue weighted by molar-refractivity contribution is 0.305. The number of nitrogens with two attached hydrogens (primary N) is 2. The van der Waals surface area contributed by atoms with E-state index in [9.17, 15) is 0 Å². The molecule has 1 aliphatic heterocycles. The van der Waals surface area contributed by atoms with Gasteiger partial charge < -0.3 is 11.5 Å². The van der Waals surface area contributed by atoms with Crippen LogP contribution in [0.3, 0.4) is 0 Å². The maximum Gasteiger partial charge on any atom is 0.220 e. The minimum Gasteiger partial charge on any atom is -0.369 e. The van der Waals surface area contributed by atoms with Crippen molar-refractivity contribution in [2.75, 3.05) is 4.90 Å². The van der Waals surface area contributed by atoms with Gasteiger partial charge in [0.1, 0.15) is 5.66 Å². The molecule has 0 unspecified atom stereocenters. The van der Waals surface area contributed by atoms with E-state index in [4.69, 9.17) is 16.5 Å². The van der Waals surface area contributed by atoms with E-state index >= 15 is 0 Å². The highest BCUT2D eigenvalue weighted by molar-refractivity contribution is 7.09. The Morgan fingerprint density at radius 3 is 2.44 bits per heavy atom. The molecule has 2 heterocycles. The van der Waals surface area contributed by atoms with Gasteiger partial charge in [-0.2, -0.15) is 4.99 Å². The summed E-state index contributed by atoms with van der Waals surface area (Å²) in [6.07, 6.45) is 5.35. The van der Waals surface area contributed by atoms with E-state index in [1.54, 1.807) is 11.3 Å². The van der Waals surface area contributed by atoms with Crippen LogP contribution in [-0.4, -0.2) is 22.6 Å². The minimum atomic E-state index is -0.396. The van der Waals surface area contributed by atoms with E-state index < -0.39 is 5.66 Å². The number of guanidine groups is 2. The first kappa shape index (κ1) is 16.1. The number of hydrogen-bond donors (Lipinski definition) is 2. The molecule has 1 fully saturated rings.